The Morgan fingerprint density at radius 3 is 3.00 bits per heavy atom. The van der Waals surface area contributed by atoms with Gasteiger partial charge in [-0.25, -0.2) is 0 Å². The number of nitrogens with one attached hydrogen (secondary N) is 1. The Kier molecular flexibility index (Phi) is 5.87. The summed E-state index contributed by atoms with van der Waals surface area (Å²) in [7, 11) is 0. The molecule has 0 spiro atoms. The maximum Gasteiger partial charge on any atom is 0.0546 e. The lowest BCUT2D eigenvalue weighted by molar-refractivity contribution is 0.484. The molecule has 4 heteroatoms. The molecule has 1 aliphatic rings. The summed E-state index contributed by atoms with van der Waals surface area (Å²) in [5.41, 5.74) is 0. The van der Waals surface area contributed by atoms with Gasteiger partial charge in [0.25, 0.3) is 0 Å². The molecule has 96 valence electrons. The van der Waals surface area contributed by atoms with Crippen molar-refractivity contribution in [1.82, 2.24) is 5.32 Å². The van der Waals surface area contributed by atoms with Crippen molar-refractivity contribution in [2.75, 3.05) is 12.3 Å². The monoisotopic (exact) mass is 333 g/mol. The van der Waals surface area contributed by atoms with Gasteiger partial charge >= 0.3 is 0 Å². The van der Waals surface area contributed by atoms with Gasteiger partial charge in [0.2, 0.25) is 0 Å². The van der Waals surface area contributed by atoms with Crippen LogP contribution in [0.3, 0.4) is 0 Å². The van der Waals surface area contributed by atoms with Crippen LogP contribution in [0.1, 0.15) is 43.5 Å². The first-order valence-corrected chi connectivity index (χ1v) is 9.13. The van der Waals surface area contributed by atoms with Gasteiger partial charge in [-0.2, -0.15) is 11.8 Å². The summed E-state index contributed by atoms with van der Waals surface area (Å²) < 4.78 is 1.28. The minimum Gasteiger partial charge on any atom is -0.308 e. The molecule has 0 aromatic carbocycles. The smallest absolute Gasteiger partial charge is 0.0546 e. The molecular weight excluding hydrogens is 314 g/mol. The molecule has 0 amide bonds. The summed E-state index contributed by atoms with van der Waals surface area (Å²) >= 11 is 7.72. The molecule has 2 atom stereocenters. The average molecular weight is 334 g/mol. The third-order valence-electron chi connectivity index (χ3n) is 3.13. The number of hydrogen-bond donors (Lipinski definition) is 1. The number of halogens is 1. The van der Waals surface area contributed by atoms with E-state index in [1.807, 2.05) is 11.3 Å². The van der Waals surface area contributed by atoms with Gasteiger partial charge in [0.05, 0.1) is 6.04 Å². The second kappa shape index (κ2) is 7.17. The summed E-state index contributed by atoms with van der Waals surface area (Å²) in [6.07, 6.45) is 5.35. The maximum absolute atomic E-state index is 3.74. The number of thiophene rings is 1. The SMILES string of the molecule is CCCNC(c1sccc1Br)C1CCCCS1. The predicted molar refractivity (Wildman–Crippen MR) is 83.2 cm³/mol. The van der Waals surface area contributed by atoms with E-state index in [9.17, 15) is 0 Å². The number of hydrogen-bond acceptors (Lipinski definition) is 3. The molecule has 2 heterocycles. The van der Waals surface area contributed by atoms with Crippen molar-refractivity contribution in [3.05, 3.63) is 20.8 Å². The van der Waals surface area contributed by atoms with Gasteiger partial charge in [-0.15, -0.1) is 11.3 Å². The van der Waals surface area contributed by atoms with Gasteiger partial charge in [0, 0.05) is 14.6 Å². The van der Waals surface area contributed by atoms with E-state index in [2.05, 4.69) is 51.4 Å². The highest BCUT2D eigenvalue weighted by atomic mass is 79.9. The zero-order valence-electron chi connectivity index (χ0n) is 10.2. The van der Waals surface area contributed by atoms with E-state index < -0.39 is 0 Å². The second-order valence-electron chi connectivity index (χ2n) is 4.47. The first kappa shape index (κ1) is 13.9. The highest BCUT2D eigenvalue weighted by Gasteiger charge is 2.27. The first-order chi connectivity index (χ1) is 8.33. The van der Waals surface area contributed by atoms with Crippen molar-refractivity contribution in [2.45, 2.75) is 43.9 Å². The molecule has 0 saturated carbocycles. The van der Waals surface area contributed by atoms with Gasteiger partial charge in [0.1, 0.15) is 0 Å². The molecular formula is C13H20BrNS2. The number of rotatable bonds is 5. The van der Waals surface area contributed by atoms with Crippen LogP contribution < -0.4 is 5.32 Å². The molecule has 1 aromatic heterocycles. The average Bonchev–Trinajstić information content (AvgIpc) is 2.78. The molecule has 17 heavy (non-hydrogen) atoms. The Balaban J connectivity index is 2.09. The summed E-state index contributed by atoms with van der Waals surface area (Å²) in [5.74, 6) is 1.33. The minimum absolute atomic E-state index is 0.537. The largest absolute Gasteiger partial charge is 0.308 e. The van der Waals surface area contributed by atoms with Crippen LogP contribution in [0.25, 0.3) is 0 Å². The van der Waals surface area contributed by atoms with Crippen molar-refractivity contribution in [2.24, 2.45) is 0 Å². The standard InChI is InChI=1S/C13H20BrNS2/c1-2-7-15-12(11-5-3-4-8-16-11)13-10(14)6-9-17-13/h6,9,11-12,15H,2-5,7-8H2,1H3. The third kappa shape index (κ3) is 3.72. The van der Waals surface area contributed by atoms with Crippen molar-refractivity contribution < 1.29 is 0 Å². The summed E-state index contributed by atoms with van der Waals surface area (Å²) in [6, 6.07) is 2.71. The molecule has 2 unspecified atom stereocenters. The highest BCUT2D eigenvalue weighted by Crippen LogP contribution is 2.39. The molecule has 1 saturated heterocycles. The molecule has 1 N–H and O–H groups in total. The van der Waals surface area contributed by atoms with E-state index >= 15 is 0 Å². The van der Waals surface area contributed by atoms with E-state index in [0.29, 0.717) is 6.04 Å². The lowest BCUT2D eigenvalue weighted by Gasteiger charge is -2.30. The van der Waals surface area contributed by atoms with Gasteiger partial charge in [-0.1, -0.05) is 13.3 Å². The number of thioether (sulfide) groups is 1. The lowest BCUT2D eigenvalue weighted by Crippen LogP contribution is -2.32. The highest BCUT2D eigenvalue weighted by molar-refractivity contribution is 9.10. The van der Waals surface area contributed by atoms with Crippen molar-refractivity contribution in [3.8, 4) is 0 Å². The molecule has 1 aliphatic heterocycles. The van der Waals surface area contributed by atoms with Crippen molar-refractivity contribution >= 4 is 39.0 Å². The summed E-state index contributed by atoms with van der Waals surface area (Å²) in [5, 5.41) is 6.68. The molecule has 1 aromatic rings. The quantitative estimate of drug-likeness (QED) is 0.827. The predicted octanol–water partition coefficient (Wildman–Crippen LogP) is 4.84. The van der Waals surface area contributed by atoms with E-state index in [1.54, 1.807) is 0 Å². The van der Waals surface area contributed by atoms with Crippen LogP contribution in [0.5, 0.6) is 0 Å². The Labute approximate surface area is 121 Å². The molecule has 1 nitrogen and oxygen atoms in total. The maximum atomic E-state index is 3.74. The van der Waals surface area contributed by atoms with Gasteiger partial charge in [-0.3, -0.25) is 0 Å². The van der Waals surface area contributed by atoms with Crippen LogP contribution in [0.2, 0.25) is 0 Å². The van der Waals surface area contributed by atoms with E-state index in [1.165, 1.54) is 40.8 Å². The Morgan fingerprint density at radius 1 is 1.53 bits per heavy atom. The van der Waals surface area contributed by atoms with E-state index in [0.717, 1.165) is 11.8 Å². The molecule has 2 rings (SSSR count). The second-order valence-corrected chi connectivity index (χ2v) is 7.62. The Morgan fingerprint density at radius 2 is 2.41 bits per heavy atom. The normalized spacial score (nSPS) is 22.6. The van der Waals surface area contributed by atoms with Crippen LogP contribution in [0.15, 0.2) is 15.9 Å². The summed E-state index contributed by atoms with van der Waals surface area (Å²) in [6.45, 7) is 3.35. The van der Waals surface area contributed by atoms with Crippen LogP contribution in [0.4, 0.5) is 0 Å². The molecule has 0 aliphatic carbocycles. The fraction of sp³-hybridized carbons (Fsp3) is 0.692. The van der Waals surface area contributed by atoms with Gasteiger partial charge in [0.15, 0.2) is 0 Å². The van der Waals surface area contributed by atoms with Crippen LogP contribution >= 0.6 is 39.0 Å². The Bertz CT molecular complexity index is 334. The zero-order chi connectivity index (χ0) is 12.1. The lowest BCUT2D eigenvalue weighted by atomic mass is 10.1. The van der Waals surface area contributed by atoms with Crippen LogP contribution in [-0.4, -0.2) is 17.5 Å². The van der Waals surface area contributed by atoms with Crippen molar-refractivity contribution in [1.29, 1.82) is 0 Å². The van der Waals surface area contributed by atoms with Crippen molar-refractivity contribution in [3.63, 3.8) is 0 Å². The zero-order valence-corrected chi connectivity index (χ0v) is 13.5. The Hall–Kier alpha value is 0.490. The van der Waals surface area contributed by atoms with E-state index in [-0.39, 0.29) is 0 Å². The minimum atomic E-state index is 0.537. The summed E-state index contributed by atoms with van der Waals surface area (Å²) in [4.78, 5) is 1.48. The fourth-order valence-corrected chi connectivity index (χ4v) is 5.53. The topological polar surface area (TPSA) is 12.0 Å². The first-order valence-electron chi connectivity index (χ1n) is 6.40. The molecule has 1 fully saturated rings. The fourth-order valence-electron chi connectivity index (χ4n) is 2.25. The van der Waals surface area contributed by atoms with Crippen LogP contribution in [-0.2, 0) is 0 Å². The van der Waals surface area contributed by atoms with Gasteiger partial charge in [-0.05, 0) is 58.9 Å². The van der Waals surface area contributed by atoms with Gasteiger partial charge < -0.3 is 5.32 Å². The molecule has 0 radical (unpaired) electrons. The van der Waals surface area contributed by atoms with Crippen LogP contribution in [0, 0.1) is 0 Å². The molecule has 0 bridgehead atoms. The van der Waals surface area contributed by atoms with E-state index in [4.69, 9.17) is 0 Å². The third-order valence-corrected chi connectivity index (χ3v) is 6.54.